The molecule has 0 aliphatic heterocycles. The topological polar surface area (TPSA) is 38.3 Å². The van der Waals surface area contributed by atoms with Crippen molar-refractivity contribution in [2.24, 2.45) is 0 Å². The summed E-state index contributed by atoms with van der Waals surface area (Å²) in [4.78, 5) is 10.6. The van der Waals surface area contributed by atoms with Crippen molar-refractivity contribution in [3.8, 4) is 5.75 Å². The molecule has 0 radical (unpaired) electrons. The van der Waals surface area contributed by atoms with Crippen molar-refractivity contribution in [3.63, 3.8) is 0 Å². The Morgan fingerprint density at radius 3 is 2.94 bits per heavy atom. The van der Waals surface area contributed by atoms with Crippen LogP contribution in [0.15, 0.2) is 24.3 Å². The first-order valence-electron chi connectivity index (χ1n) is 4.88. The van der Waals surface area contributed by atoms with Gasteiger partial charge >= 0.3 is 0 Å². The first kappa shape index (κ1) is 12.2. The van der Waals surface area contributed by atoms with E-state index in [0.29, 0.717) is 12.1 Å². The Kier molecular flexibility index (Phi) is 4.51. The van der Waals surface area contributed by atoms with Gasteiger partial charge in [-0.3, -0.25) is 4.79 Å². The van der Waals surface area contributed by atoms with Crippen LogP contribution in [0, 0.1) is 5.82 Å². The van der Waals surface area contributed by atoms with Gasteiger partial charge in [0.15, 0.2) is 11.6 Å². The zero-order valence-corrected chi connectivity index (χ0v) is 9.29. The summed E-state index contributed by atoms with van der Waals surface area (Å²) in [5.74, 6) is -0.304. The molecule has 0 atom stereocenters. The second-order valence-electron chi connectivity index (χ2n) is 3.20. The number of rotatable bonds is 4. The summed E-state index contributed by atoms with van der Waals surface area (Å²) < 4.78 is 18.4. The van der Waals surface area contributed by atoms with E-state index in [4.69, 9.17) is 4.74 Å². The summed E-state index contributed by atoms with van der Waals surface area (Å²) in [6.07, 6.45) is 3.28. The molecule has 0 unspecified atom stereocenters. The number of nitrogens with one attached hydrogen (secondary N) is 1. The smallest absolute Gasteiger partial charge is 0.217 e. The summed E-state index contributed by atoms with van der Waals surface area (Å²) >= 11 is 0. The van der Waals surface area contributed by atoms with Crippen LogP contribution in [0.5, 0.6) is 5.75 Å². The lowest BCUT2D eigenvalue weighted by Gasteiger charge is -2.03. The molecule has 0 bridgehead atoms. The molecule has 0 aliphatic carbocycles. The Balaban J connectivity index is 2.70. The lowest BCUT2D eigenvalue weighted by Crippen LogP contribution is -2.19. The van der Waals surface area contributed by atoms with Gasteiger partial charge in [-0.15, -0.1) is 0 Å². The zero-order chi connectivity index (χ0) is 12.0. The standard InChI is InChI=1S/C12H14FNO2/c1-9(15)14-8-4-6-10-5-3-7-11(16-2)12(10)13/h3-7H,8H2,1-2H3,(H,14,15). The number of hydrogen-bond donors (Lipinski definition) is 1. The summed E-state index contributed by atoms with van der Waals surface area (Å²) in [7, 11) is 1.42. The van der Waals surface area contributed by atoms with Gasteiger partial charge in [0.2, 0.25) is 5.91 Å². The molecule has 0 saturated carbocycles. The van der Waals surface area contributed by atoms with Crippen molar-refractivity contribution < 1.29 is 13.9 Å². The van der Waals surface area contributed by atoms with Crippen LogP contribution >= 0.6 is 0 Å². The highest BCUT2D eigenvalue weighted by molar-refractivity contribution is 5.73. The van der Waals surface area contributed by atoms with Gasteiger partial charge in [-0.25, -0.2) is 4.39 Å². The maximum Gasteiger partial charge on any atom is 0.217 e. The number of ether oxygens (including phenoxy) is 1. The quantitative estimate of drug-likeness (QED) is 0.847. The lowest BCUT2D eigenvalue weighted by atomic mass is 10.2. The molecule has 0 fully saturated rings. The van der Waals surface area contributed by atoms with E-state index in [-0.39, 0.29) is 11.7 Å². The molecule has 0 spiro atoms. The number of hydrogen-bond acceptors (Lipinski definition) is 2. The largest absolute Gasteiger partial charge is 0.494 e. The van der Waals surface area contributed by atoms with Crippen molar-refractivity contribution in [1.82, 2.24) is 5.32 Å². The zero-order valence-electron chi connectivity index (χ0n) is 9.29. The Morgan fingerprint density at radius 1 is 1.56 bits per heavy atom. The fourth-order valence-corrected chi connectivity index (χ4v) is 1.20. The van der Waals surface area contributed by atoms with Crippen molar-refractivity contribution in [2.75, 3.05) is 13.7 Å². The van der Waals surface area contributed by atoms with Crippen LogP contribution in [-0.2, 0) is 4.79 Å². The normalized spacial score (nSPS) is 10.4. The van der Waals surface area contributed by atoms with E-state index in [2.05, 4.69) is 5.32 Å². The molecular weight excluding hydrogens is 209 g/mol. The van der Waals surface area contributed by atoms with Crippen LogP contribution in [0.3, 0.4) is 0 Å². The first-order valence-corrected chi connectivity index (χ1v) is 4.88. The summed E-state index contributed by atoms with van der Waals surface area (Å²) in [6, 6.07) is 4.91. The van der Waals surface area contributed by atoms with E-state index >= 15 is 0 Å². The van der Waals surface area contributed by atoms with Crippen molar-refractivity contribution in [1.29, 1.82) is 0 Å². The van der Waals surface area contributed by atoms with E-state index < -0.39 is 5.82 Å². The van der Waals surface area contributed by atoms with Crippen LogP contribution in [0.25, 0.3) is 6.08 Å². The van der Waals surface area contributed by atoms with Gasteiger partial charge in [0.1, 0.15) is 0 Å². The fourth-order valence-electron chi connectivity index (χ4n) is 1.20. The van der Waals surface area contributed by atoms with Crippen LogP contribution in [0.2, 0.25) is 0 Å². The fraction of sp³-hybridized carbons (Fsp3) is 0.250. The van der Waals surface area contributed by atoms with Gasteiger partial charge in [0.05, 0.1) is 7.11 Å². The van der Waals surface area contributed by atoms with Crippen molar-refractivity contribution in [2.45, 2.75) is 6.92 Å². The molecule has 16 heavy (non-hydrogen) atoms. The first-order chi connectivity index (χ1) is 7.65. The second-order valence-corrected chi connectivity index (χ2v) is 3.20. The average molecular weight is 223 g/mol. The number of benzene rings is 1. The highest BCUT2D eigenvalue weighted by Gasteiger charge is 2.04. The van der Waals surface area contributed by atoms with Crippen molar-refractivity contribution in [3.05, 3.63) is 35.7 Å². The molecular formula is C12H14FNO2. The van der Waals surface area contributed by atoms with Gasteiger partial charge < -0.3 is 10.1 Å². The minimum atomic E-state index is -0.399. The third kappa shape index (κ3) is 3.38. The highest BCUT2D eigenvalue weighted by Crippen LogP contribution is 2.20. The monoisotopic (exact) mass is 223 g/mol. The number of amides is 1. The Morgan fingerprint density at radius 2 is 2.31 bits per heavy atom. The van der Waals surface area contributed by atoms with Crippen LogP contribution in [-0.4, -0.2) is 19.6 Å². The van der Waals surface area contributed by atoms with E-state index in [1.807, 2.05) is 0 Å². The van der Waals surface area contributed by atoms with E-state index in [9.17, 15) is 9.18 Å². The molecule has 1 aromatic carbocycles. The Labute approximate surface area is 93.9 Å². The predicted molar refractivity (Wildman–Crippen MR) is 60.7 cm³/mol. The summed E-state index contributed by atoms with van der Waals surface area (Å²) in [5.41, 5.74) is 0.435. The molecule has 0 aromatic heterocycles. The molecule has 4 heteroatoms. The third-order valence-electron chi connectivity index (χ3n) is 1.98. The Bertz CT molecular complexity index is 402. The molecule has 1 amide bonds. The van der Waals surface area contributed by atoms with Crippen LogP contribution in [0.4, 0.5) is 4.39 Å². The SMILES string of the molecule is COc1cccc(C=CCNC(C)=O)c1F. The Hall–Kier alpha value is -1.84. The number of carbonyl (C=O) groups excluding carboxylic acids is 1. The molecule has 1 N–H and O–H groups in total. The minimum Gasteiger partial charge on any atom is -0.494 e. The van der Waals surface area contributed by atoms with Gasteiger partial charge in [0.25, 0.3) is 0 Å². The minimum absolute atomic E-state index is 0.115. The van der Waals surface area contributed by atoms with Crippen LogP contribution in [0.1, 0.15) is 12.5 Å². The maximum atomic E-state index is 13.6. The maximum absolute atomic E-state index is 13.6. The van der Waals surface area contributed by atoms with E-state index in [1.54, 1.807) is 30.4 Å². The van der Waals surface area contributed by atoms with Crippen LogP contribution < -0.4 is 10.1 Å². The van der Waals surface area contributed by atoms with E-state index in [1.165, 1.54) is 14.0 Å². The summed E-state index contributed by atoms with van der Waals surface area (Å²) in [6.45, 7) is 1.81. The molecule has 1 rings (SSSR count). The average Bonchev–Trinajstić information content (AvgIpc) is 2.26. The summed E-state index contributed by atoms with van der Waals surface area (Å²) in [5, 5.41) is 2.58. The molecule has 0 aliphatic rings. The molecule has 1 aromatic rings. The van der Waals surface area contributed by atoms with Gasteiger partial charge in [0, 0.05) is 19.0 Å². The predicted octanol–water partition coefficient (Wildman–Crippen LogP) is 1.98. The van der Waals surface area contributed by atoms with E-state index in [0.717, 1.165) is 0 Å². The lowest BCUT2D eigenvalue weighted by molar-refractivity contribution is -0.118. The molecule has 3 nitrogen and oxygen atoms in total. The van der Waals surface area contributed by atoms with Crippen molar-refractivity contribution >= 4 is 12.0 Å². The highest BCUT2D eigenvalue weighted by atomic mass is 19.1. The number of methoxy groups -OCH3 is 1. The second kappa shape index (κ2) is 5.90. The third-order valence-corrected chi connectivity index (χ3v) is 1.98. The van der Waals surface area contributed by atoms with Gasteiger partial charge in [-0.05, 0) is 6.07 Å². The molecule has 86 valence electrons. The number of halogens is 1. The number of carbonyl (C=O) groups is 1. The van der Waals surface area contributed by atoms with Gasteiger partial charge in [-0.1, -0.05) is 24.3 Å². The molecule has 0 heterocycles. The van der Waals surface area contributed by atoms with Gasteiger partial charge in [-0.2, -0.15) is 0 Å². The molecule has 0 saturated heterocycles.